The first-order chi connectivity index (χ1) is 26.3. The fourth-order valence-corrected chi connectivity index (χ4v) is 10.5. The minimum absolute atomic E-state index is 0.556. The van der Waals surface area contributed by atoms with E-state index in [4.69, 9.17) is 4.74 Å². The van der Waals surface area contributed by atoms with Crippen molar-refractivity contribution in [3.8, 4) is 22.6 Å². The molecular weight excluding hydrogens is 665 g/mol. The van der Waals surface area contributed by atoms with Crippen molar-refractivity contribution in [2.45, 2.75) is 5.41 Å². The van der Waals surface area contributed by atoms with Crippen LogP contribution in [0.15, 0.2) is 182 Å². The van der Waals surface area contributed by atoms with Crippen LogP contribution in [0.2, 0.25) is 0 Å². The molecule has 53 heavy (non-hydrogen) atoms. The first kappa shape index (κ1) is 29.0. The van der Waals surface area contributed by atoms with E-state index in [0.29, 0.717) is 0 Å². The fraction of sp³-hybridized carbons (Fsp3) is 0.0204. The van der Waals surface area contributed by atoms with Gasteiger partial charge in [-0.1, -0.05) is 115 Å². The molecule has 12 rings (SSSR count). The summed E-state index contributed by atoms with van der Waals surface area (Å²) in [6.07, 6.45) is 0. The molecule has 1 spiro atoms. The fourth-order valence-electron chi connectivity index (χ4n) is 9.39. The summed E-state index contributed by atoms with van der Waals surface area (Å²) in [6.45, 7) is 0. The summed E-state index contributed by atoms with van der Waals surface area (Å²) in [6, 6.07) is 66.4. The monoisotopic (exact) mass is 694 g/mol. The number of ether oxygens (including phenoxy) is 1. The summed E-state index contributed by atoms with van der Waals surface area (Å²) >= 11 is 1.85. The summed E-state index contributed by atoms with van der Waals surface area (Å²) in [5.41, 5.74) is 13.5. The number of anilines is 6. The van der Waals surface area contributed by atoms with Gasteiger partial charge >= 0.3 is 0 Å². The van der Waals surface area contributed by atoms with E-state index in [9.17, 15) is 0 Å². The second-order valence-corrected chi connectivity index (χ2v) is 15.1. The average molecular weight is 695 g/mol. The van der Waals surface area contributed by atoms with E-state index in [-0.39, 0.29) is 0 Å². The Labute approximate surface area is 311 Å². The van der Waals surface area contributed by atoms with E-state index in [1.807, 2.05) is 11.3 Å². The first-order valence-electron chi connectivity index (χ1n) is 18.1. The van der Waals surface area contributed by atoms with Gasteiger partial charge in [0.15, 0.2) is 11.5 Å². The number of para-hydroxylation sites is 5. The van der Waals surface area contributed by atoms with Gasteiger partial charge in [0.05, 0.1) is 28.2 Å². The molecule has 3 nitrogen and oxygen atoms in total. The van der Waals surface area contributed by atoms with E-state index in [0.717, 1.165) is 39.8 Å². The third kappa shape index (κ3) is 3.78. The topological polar surface area (TPSA) is 15.7 Å². The molecule has 0 bridgehead atoms. The number of nitrogens with zero attached hydrogens (tertiary/aromatic N) is 2. The van der Waals surface area contributed by atoms with E-state index in [1.54, 1.807) is 0 Å². The lowest BCUT2D eigenvalue weighted by atomic mass is 9.64. The van der Waals surface area contributed by atoms with Crippen LogP contribution >= 0.6 is 11.3 Å². The molecule has 0 unspecified atom stereocenters. The molecule has 0 saturated carbocycles. The smallest absolute Gasteiger partial charge is 0.159 e. The highest BCUT2D eigenvalue weighted by Gasteiger charge is 2.53. The number of hydrogen-bond acceptors (Lipinski definition) is 4. The highest BCUT2D eigenvalue weighted by atomic mass is 32.1. The number of benzene rings is 8. The maximum absolute atomic E-state index is 7.12. The summed E-state index contributed by atoms with van der Waals surface area (Å²) in [7, 11) is 0. The molecule has 0 amide bonds. The molecule has 3 heterocycles. The number of fused-ring (bicyclic) bond motifs is 15. The van der Waals surface area contributed by atoms with E-state index >= 15 is 0 Å². The molecule has 0 N–H and O–H groups in total. The van der Waals surface area contributed by atoms with Crippen LogP contribution in [-0.4, -0.2) is 0 Å². The molecule has 8 aromatic carbocycles. The molecule has 0 radical (unpaired) electrons. The zero-order chi connectivity index (χ0) is 34.7. The Morgan fingerprint density at radius 3 is 1.85 bits per heavy atom. The van der Waals surface area contributed by atoms with Gasteiger partial charge < -0.3 is 14.5 Å². The molecule has 0 saturated heterocycles. The van der Waals surface area contributed by atoms with Crippen LogP contribution in [0.25, 0.3) is 31.3 Å². The number of rotatable bonds is 2. The SMILES string of the molecule is c1ccc(N2c3ccccc3C3(c4ccccc4-c4c3ccc3c4Oc4ccccc4N3c3ccc4sc5ccccc5c4c3)c3ccccc32)cc1. The average Bonchev–Trinajstić information content (AvgIpc) is 3.74. The third-order valence-electron chi connectivity index (χ3n) is 11.4. The lowest BCUT2D eigenvalue weighted by Gasteiger charge is -2.45. The van der Waals surface area contributed by atoms with Gasteiger partial charge in [0.25, 0.3) is 0 Å². The Bertz CT molecular complexity index is 2920. The van der Waals surface area contributed by atoms with Crippen molar-refractivity contribution in [1.82, 2.24) is 0 Å². The minimum atomic E-state index is -0.556. The Kier molecular flexibility index (Phi) is 5.86. The molecule has 9 aromatic rings. The van der Waals surface area contributed by atoms with E-state index < -0.39 is 5.41 Å². The lowest BCUT2D eigenvalue weighted by molar-refractivity contribution is 0.478. The molecule has 0 fully saturated rings. The van der Waals surface area contributed by atoms with Crippen molar-refractivity contribution < 1.29 is 4.74 Å². The zero-order valence-corrected chi connectivity index (χ0v) is 29.3. The van der Waals surface area contributed by atoms with Crippen molar-refractivity contribution in [1.29, 1.82) is 0 Å². The second kappa shape index (κ2) is 10.7. The Hall–Kier alpha value is -6.62. The first-order valence-corrected chi connectivity index (χ1v) is 18.9. The quantitative estimate of drug-likeness (QED) is 0.179. The highest BCUT2D eigenvalue weighted by Crippen LogP contribution is 2.67. The summed E-state index contributed by atoms with van der Waals surface area (Å²) in [5, 5.41) is 2.57. The van der Waals surface area contributed by atoms with Crippen molar-refractivity contribution >= 4 is 65.6 Å². The van der Waals surface area contributed by atoms with Gasteiger partial charge in [-0.25, -0.2) is 0 Å². The van der Waals surface area contributed by atoms with Crippen LogP contribution < -0.4 is 14.5 Å². The molecule has 248 valence electrons. The van der Waals surface area contributed by atoms with Crippen LogP contribution in [0.1, 0.15) is 22.3 Å². The molecular formula is C49H30N2OS. The van der Waals surface area contributed by atoms with Crippen molar-refractivity contribution in [3.05, 3.63) is 204 Å². The predicted molar refractivity (Wildman–Crippen MR) is 220 cm³/mol. The van der Waals surface area contributed by atoms with E-state index in [2.05, 4.69) is 192 Å². The molecule has 0 atom stereocenters. The Balaban J connectivity index is 1.15. The van der Waals surface area contributed by atoms with Crippen molar-refractivity contribution in [2.24, 2.45) is 0 Å². The molecule has 1 aromatic heterocycles. The standard InChI is InChI=1S/C49H30N2OS/c1-2-14-31(15-3-1)50-40-21-9-7-19-37(40)49(38-20-8-10-22-41(38)50)36-18-6-4-17-34(36)47-39(49)27-28-43-48(47)52-44-24-12-11-23-42(44)51(43)32-26-29-46-35(30-32)33-16-5-13-25-45(33)53-46/h1-30H. The summed E-state index contributed by atoms with van der Waals surface area (Å²) < 4.78 is 9.72. The molecule has 4 heteroatoms. The normalized spacial score (nSPS) is 14.3. The summed E-state index contributed by atoms with van der Waals surface area (Å²) in [4.78, 5) is 4.82. The minimum Gasteiger partial charge on any atom is -0.452 e. The van der Waals surface area contributed by atoms with Gasteiger partial charge in [-0.05, 0) is 94.5 Å². The van der Waals surface area contributed by atoms with Gasteiger partial charge in [-0.15, -0.1) is 11.3 Å². The Morgan fingerprint density at radius 2 is 1.04 bits per heavy atom. The van der Waals surface area contributed by atoms with Crippen molar-refractivity contribution in [3.63, 3.8) is 0 Å². The number of hydrogen-bond donors (Lipinski definition) is 0. The summed E-state index contributed by atoms with van der Waals surface area (Å²) in [5.74, 6) is 1.74. The second-order valence-electron chi connectivity index (χ2n) is 14.0. The van der Waals surface area contributed by atoms with Gasteiger partial charge in [0, 0.05) is 37.1 Å². The highest BCUT2D eigenvalue weighted by molar-refractivity contribution is 7.25. The van der Waals surface area contributed by atoms with Gasteiger partial charge in [0.1, 0.15) is 0 Å². The van der Waals surface area contributed by atoms with Gasteiger partial charge in [-0.3, -0.25) is 0 Å². The van der Waals surface area contributed by atoms with Gasteiger partial charge in [0.2, 0.25) is 0 Å². The maximum atomic E-state index is 7.12. The van der Waals surface area contributed by atoms with Crippen LogP contribution in [0.4, 0.5) is 34.1 Å². The molecule has 2 aliphatic heterocycles. The van der Waals surface area contributed by atoms with Crippen LogP contribution in [0.5, 0.6) is 11.5 Å². The lowest BCUT2D eigenvalue weighted by Crippen LogP contribution is -2.36. The third-order valence-corrected chi connectivity index (χ3v) is 12.6. The maximum Gasteiger partial charge on any atom is 0.159 e. The van der Waals surface area contributed by atoms with Gasteiger partial charge in [-0.2, -0.15) is 0 Å². The Morgan fingerprint density at radius 1 is 0.415 bits per heavy atom. The van der Waals surface area contributed by atoms with E-state index in [1.165, 1.54) is 59.4 Å². The zero-order valence-electron chi connectivity index (χ0n) is 28.5. The number of thiophene rings is 1. The molecule has 3 aliphatic rings. The van der Waals surface area contributed by atoms with Crippen LogP contribution in [-0.2, 0) is 5.41 Å². The van der Waals surface area contributed by atoms with Crippen LogP contribution in [0.3, 0.4) is 0 Å². The predicted octanol–water partition coefficient (Wildman–Crippen LogP) is 13.8. The molecule has 1 aliphatic carbocycles. The van der Waals surface area contributed by atoms with Crippen molar-refractivity contribution in [2.75, 3.05) is 9.80 Å². The van der Waals surface area contributed by atoms with Crippen LogP contribution in [0, 0.1) is 0 Å². The largest absolute Gasteiger partial charge is 0.452 e.